The van der Waals surface area contributed by atoms with Crippen LogP contribution in [0.1, 0.15) is 49.1 Å². The zero-order chi connectivity index (χ0) is 28.2. The van der Waals surface area contributed by atoms with E-state index in [9.17, 15) is 19.1 Å². The number of nitrogens with zero attached hydrogens (tertiary/aromatic N) is 3. The van der Waals surface area contributed by atoms with Crippen molar-refractivity contribution in [2.24, 2.45) is 0 Å². The number of rotatable bonds is 4. The number of aromatic amines is 1. The highest BCUT2D eigenvalue weighted by Crippen LogP contribution is 2.43. The van der Waals surface area contributed by atoms with E-state index in [1.165, 1.54) is 23.1 Å². The SMILES string of the molecule is Cc1ccc(C(C)(C)C)cc1/C(O)=C1\C(=O)C(=O)N(c2nc3ccc(F)cc3[nH]2)C1c1ccc(N(C)C)cc1. The van der Waals surface area contributed by atoms with E-state index in [0.29, 0.717) is 22.2 Å². The second kappa shape index (κ2) is 9.38. The number of aliphatic hydroxyl groups excluding tert-OH is 1. The minimum absolute atomic E-state index is 0.0293. The van der Waals surface area contributed by atoms with Gasteiger partial charge in [0.15, 0.2) is 0 Å². The van der Waals surface area contributed by atoms with Crippen LogP contribution >= 0.6 is 0 Å². The first-order valence-corrected chi connectivity index (χ1v) is 12.7. The van der Waals surface area contributed by atoms with Crippen LogP contribution in [0.5, 0.6) is 0 Å². The zero-order valence-electron chi connectivity index (χ0n) is 22.8. The predicted octanol–water partition coefficient (Wildman–Crippen LogP) is 6.00. The zero-order valence-corrected chi connectivity index (χ0v) is 22.8. The van der Waals surface area contributed by atoms with Crippen molar-refractivity contribution in [3.05, 3.63) is 94.3 Å². The van der Waals surface area contributed by atoms with E-state index >= 15 is 0 Å². The number of aliphatic hydroxyl groups is 1. The first-order valence-electron chi connectivity index (χ1n) is 12.7. The maximum atomic E-state index is 13.9. The molecule has 8 heteroatoms. The molecule has 1 unspecified atom stereocenters. The molecule has 1 amide bonds. The fraction of sp³-hybridized carbons (Fsp3) is 0.258. The summed E-state index contributed by atoms with van der Waals surface area (Å²) < 4.78 is 13.9. The van der Waals surface area contributed by atoms with Gasteiger partial charge in [-0.3, -0.25) is 14.5 Å². The quantitative estimate of drug-likeness (QED) is 0.193. The van der Waals surface area contributed by atoms with Crippen molar-refractivity contribution in [1.29, 1.82) is 0 Å². The number of Topliss-reactive ketones (excluding diaryl/α,β-unsaturated/α-hetero) is 1. The molecule has 3 aromatic carbocycles. The molecule has 0 bridgehead atoms. The third kappa shape index (κ3) is 4.56. The molecular formula is C31H31FN4O3. The highest BCUT2D eigenvalue weighted by atomic mass is 19.1. The normalized spacial score (nSPS) is 17.3. The first kappa shape index (κ1) is 26.2. The smallest absolute Gasteiger partial charge is 0.302 e. The molecule has 1 fully saturated rings. The number of hydrogen-bond donors (Lipinski definition) is 2. The van der Waals surface area contributed by atoms with Gasteiger partial charge in [-0.25, -0.2) is 9.37 Å². The Balaban J connectivity index is 1.74. The van der Waals surface area contributed by atoms with Crippen molar-refractivity contribution in [2.45, 2.75) is 39.2 Å². The van der Waals surface area contributed by atoms with E-state index in [1.54, 1.807) is 0 Å². The predicted molar refractivity (Wildman–Crippen MR) is 151 cm³/mol. The number of hydrogen-bond acceptors (Lipinski definition) is 5. The van der Waals surface area contributed by atoms with Crippen molar-refractivity contribution in [3.63, 3.8) is 0 Å². The van der Waals surface area contributed by atoms with E-state index < -0.39 is 23.5 Å². The Labute approximate surface area is 226 Å². The number of H-pyrrole nitrogens is 1. The number of benzene rings is 3. The monoisotopic (exact) mass is 526 g/mol. The molecule has 4 aromatic rings. The number of fused-ring (bicyclic) bond motifs is 1. The van der Waals surface area contributed by atoms with Gasteiger partial charge >= 0.3 is 5.91 Å². The summed E-state index contributed by atoms with van der Waals surface area (Å²) in [5.74, 6) is -2.25. The summed E-state index contributed by atoms with van der Waals surface area (Å²) in [5.41, 5.74) is 4.41. The number of aryl methyl sites for hydroxylation is 1. The molecule has 1 saturated heterocycles. The summed E-state index contributed by atoms with van der Waals surface area (Å²) in [7, 11) is 3.83. The number of carbonyl (C=O) groups excluding carboxylic acids is 2. The lowest BCUT2D eigenvalue weighted by molar-refractivity contribution is -0.132. The fourth-order valence-corrected chi connectivity index (χ4v) is 4.89. The van der Waals surface area contributed by atoms with Crippen LogP contribution in [0.15, 0.2) is 66.2 Å². The molecule has 0 saturated carbocycles. The van der Waals surface area contributed by atoms with Crippen LogP contribution < -0.4 is 9.80 Å². The summed E-state index contributed by atoms with van der Waals surface area (Å²) in [6, 6.07) is 16.3. The van der Waals surface area contributed by atoms with Crippen molar-refractivity contribution in [3.8, 4) is 0 Å². The Morgan fingerprint density at radius 3 is 2.36 bits per heavy atom. The molecule has 1 aliphatic rings. The number of amides is 1. The third-order valence-corrected chi connectivity index (χ3v) is 7.19. The average molecular weight is 527 g/mol. The summed E-state index contributed by atoms with van der Waals surface area (Å²) >= 11 is 0. The molecule has 2 heterocycles. The molecule has 0 spiro atoms. The minimum Gasteiger partial charge on any atom is -0.507 e. The number of halogens is 1. The number of anilines is 2. The van der Waals surface area contributed by atoms with Gasteiger partial charge in [-0.2, -0.15) is 0 Å². The lowest BCUT2D eigenvalue weighted by Gasteiger charge is -2.24. The Morgan fingerprint density at radius 1 is 1.03 bits per heavy atom. The van der Waals surface area contributed by atoms with Crippen LogP contribution in [0.2, 0.25) is 0 Å². The van der Waals surface area contributed by atoms with Crippen LogP contribution in [0.4, 0.5) is 16.0 Å². The Kier molecular flexibility index (Phi) is 6.29. The van der Waals surface area contributed by atoms with Crippen LogP contribution in [0.25, 0.3) is 16.8 Å². The third-order valence-electron chi connectivity index (χ3n) is 7.19. The topological polar surface area (TPSA) is 89.5 Å². The molecule has 7 nitrogen and oxygen atoms in total. The molecule has 1 atom stereocenters. The summed E-state index contributed by atoms with van der Waals surface area (Å²) in [6.07, 6.45) is 0. The largest absolute Gasteiger partial charge is 0.507 e. The van der Waals surface area contributed by atoms with Gasteiger partial charge in [0.25, 0.3) is 5.78 Å². The highest BCUT2D eigenvalue weighted by molar-refractivity contribution is 6.51. The lowest BCUT2D eigenvalue weighted by Crippen LogP contribution is -2.30. The molecule has 1 aromatic heterocycles. The standard InChI is InChI=1S/C31H31FN4O3/c1-17-7-10-19(31(2,3)4)15-22(17)27(37)25-26(18-8-12-21(13-9-18)35(5)6)36(29(39)28(25)38)30-33-23-14-11-20(32)16-24(23)34-30/h7-16,26,37H,1-6H3,(H,33,34)/b27-25+. The van der Waals surface area contributed by atoms with Gasteiger partial charge < -0.3 is 15.0 Å². The van der Waals surface area contributed by atoms with E-state index in [-0.39, 0.29) is 22.7 Å². The second-order valence-electron chi connectivity index (χ2n) is 11.2. The first-order chi connectivity index (χ1) is 18.4. The second-order valence-corrected chi connectivity index (χ2v) is 11.2. The van der Waals surface area contributed by atoms with E-state index in [2.05, 4.69) is 30.7 Å². The van der Waals surface area contributed by atoms with Crippen molar-refractivity contribution in [2.75, 3.05) is 23.9 Å². The van der Waals surface area contributed by atoms with E-state index in [0.717, 1.165) is 16.8 Å². The van der Waals surface area contributed by atoms with Crippen LogP contribution in [-0.2, 0) is 15.0 Å². The fourth-order valence-electron chi connectivity index (χ4n) is 4.89. The molecule has 0 aliphatic carbocycles. The van der Waals surface area contributed by atoms with Crippen molar-refractivity contribution in [1.82, 2.24) is 9.97 Å². The van der Waals surface area contributed by atoms with Crippen LogP contribution in [-0.4, -0.2) is 40.9 Å². The van der Waals surface area contributed by atoms with Crippen LogP contribution in [0, 0.1) is 12.7 Å². The number of carbonyl (C=O) groups is 2. The lowest BCUT2D eigenvalue weighted by atomic mass is 9.84. The summed E-state index contributed by atoms with van der Waals surface area (Å²) in [5, 5.41) is 11.7. The number of nitrogens with one attached hydrogen (secondary N) is 1. The van der Waals surface area contributed by atoms with E-state index in [1.807, 2.05) is 68.4 Å². The molecule has 2 N–H and O–H groups in total. The highest BCUT2D eigenvalue weighted by Gasteiger charge is 2.48. The van der Waals surface area contributed by atoms with Gasteiger partial charge in [0.05, 0.1) is 22.6 Å². The molecular weight excluding hydrogens is 495 g/mol. The summed E-state index contributed by atoms with van der Waals surface area (Å²) in [6.45, 7) is 8.05. The van der Waals surface area contributed by atoms with Crippen LogP contribution in [0.3, 0.4) is 0 Å². The van der Waals surface area contributed by atoms with Gasteiger partial charge in [0, 0.05) is 25.3 Å². The molecule has 5 rings (SSSR count). The van der Waals surface area contributed by atoms with Gasteiger partial charge in [0.1, 0.15) is 11.6 Å². The Morgan fingerprint density at radius 2 is 1.72 bits per heavy atom. The summed E-state index contributed by atoms with van der Waals surface area (Å²) in [4.78, 5) is 37.8. The Hall–Kier alpha value is -4.46. The van der Waals surface area contributed by atoms with Crippen molar-refractivity contribution < 1.29 is 19.1 Å². The van der Waals surface area contributed by atoms with Gasteiger partial charge in [-0.05, 0) is 65.4 Å². The van der Waals surface area contributed by atoms with E-state index in [4.69, 9.17) is 0 Å². The minimum atomic E-state index is -0.954. The maximum Gasteiger partial charge on any atom is 0.302 e. The van der Waals surface area contributed by atoms with Gasteiger partial charge in [-0.1, -0.05) is 45.0 Å². The van der Waals surface area contributed by atoms with Gasteiger partial charge in [-0.15, -0.1) is 0 Å². The number of ketones is 1. The van der Waals surface area contributed by atoms with Crippen molar-refractivity contribution >= 4 is 40.1 Å². The number of aromatic nitrogens is 2. The molecule has 39 heavy (non-hydrogen) atoms. The van der Waals surface area contributed by atoms with Gasteiger partial charge in [0.2, 0.25) is 5.95 Å². The Bertz CT molecular complexity index is 1640. The average Bonchev–Trinajstić information content (AvgIpc) is 3.40. The molecule has 1 aliphatic heterocycles. The molecule has 0 radical (unpaired) electrons. The molecule has 200 valence electrons. The maximum absolute atomic E-state index is 13.9. The number of imidazole rings is 1.